The van der Waals surface area contributed by atoms with Crippen molar-refractivity contribution in [3.8, 4) is 0 Å². The maximum absolute atomic E-state index is 13.7. The van der Waals surface area contributed by atoms with Gasteiger partial charge in [0, 0.05) is 12.1 Å². The third-order valence-electron chi connectivity index (χ3n) is 3.96. The Kier molecular flexibility index (Phi) is 5.05. The van der Waals surface area contributed by atoms with Crippen molar-refractivity contribution in [1.29, 1.82) is 0 Å². The number of halogens is 2. The van der Waals surface area contributed by atoms with Gasteiger partial charge in [0.2, 0.25) is 21.6 Å². The minimum atomic E-state index is -4.00. The molecule has 0 radical (unpaired) electrons. The predicted octanol–water partition coefficient (Wildman–Crippen LogP) is 2.08. The fourth-order valence-corrected chi connectivity index (χ4v) is 4.06. The Morgan fingerprint density at radius 2 is 2.12 bits per heavy atom. The lowest BCUT2D eigenvalue weighted by Gasteiger charge is -2.20. The van der Waals surface area contributed by atoms with Crippen molar-refractivity contribution >= 4 is 27.3 Å². The molecule has 0 saturated carbocycles. The number of hydrogen-bond acceptors (Lipinski definition) is 6. The Hall–Kier alpha value is -2.00. The summed E-state index contributed by atoms with van der Waals surface area (Å²) < 4.78 is 43.8. The van der Waals surface area contributed by atoms with Gasteiger partial charge in [-0.05, 0) is 18.9 Å². The molecule has 134 valence electrons. The highest BCUT2D eigenvalue weighted by molar-refractivity contribution is 7.90. The molecule has 3 rings (SSSR count). The van der Waals surface area contributed by atoms with E-state index in [0.29, 0.717) is 13.0 Å². The van der Waals surface area contributed by atoms with Gasteiger partial charge in [0.1, 0.15) is 17.7 Å². The molecule has 25 heavy (non-hydrogen) atoms. The van der Waals surface area contributed by atoms with Gasteiger partial charge < -0.3 is 9.32 Å². The summed E-state index contributed by atoms with van der Waals surface area (Å²) >= 11 is 5.58. The minimum Gasteiger partial charge on any atom is -0.410 e. The molecule has 10 heteroatoms. The molecule has 1 aliphatic rings. The van der Waals surface area contributed by atoms with Crippen LogP contribution in [0.15, 0.2) is 33.9 Å². The van der Waals surface area contributed by atoms with Gasteiger partial charge in [-0.25, -0.2) is 12.8 Å². The van der Waals surface area contributed by atoms with Crippen molar-refractivity contribution in [1.82, 2.24) is 15.1 Å². The fourth-order valence-electron chi connectivity index (χ4n) is 2.76. The zero-order valence-electron chi connectivity index (χ0n) is 13.1. The molecule has 1 aliphatic heterocycles. The smallest absolute Gasteiger partial charge is 0.335 e. The van der Waals surface area contributed by atoms with Crippen LogP contribution in [0.3, 0.4) is 0 Å². The van der Waals surface area contributed by atoms with Gasteiger partial charge >= 0.3 is 5.22 Å². The van der Waals surface area contributed by atoms with Crippen LogP contribution < -0.4 is 0 Å². The van der Waals surface area contributed by atoms with E-state index in [1.807, 2.05) is 0 Å². The minimum absolute atomic E-state index is 0.0158. The van der Waals surface area contributed by atoms with E-state index in [0.717, 1.165) is 6.42 Å². The first kappa shape index (κ1) is 17.8. The molecular formula is C15H15ClFN3O4S. The maximum Gasteiger partial charge on any atom is 0.335 e. The second-order valence-electron chi connectivity index (χ2n) is 5.64. The lowest BCUT2D eigenvalue weighted by atomic mass is 10.2. The van der Waals surface area contributed by atoms with E-state index < -0.39 is 32.7 Å². The molecule has 0 unspecified atom stereocenters. The van der Waals surface area contributed by atoms with E-state index in [4.69, 9.17) is 16.0 Å². The monoisotopic (exact) mass is 387 g/mol. The van der Waals surface area contributed by atoms with Gasteiger partial charge in [0.15, 0.2) is 0 Å². The normalized spacial score (nSPS) is 17.8. The number of nitrogens with zero attached hydrogens (tertiary/aromatic N) is 3. The molecule has 7 nitrogen and oxygen atoms in total. The van der Waals surface area contributed by atoms with E-state index >= 15 is 0 Å². The number of alkyl halides is 1. The van der Waals surface area contributed by atoms with Crippen molar-refractivity contribution in [2.45, 2.75) is 29.9 Å². The first-order valence-electron chi connectivity index (χ1n) is 7.57. The maximum atomic E-state index is 13.7. The van der Waals surface area contributed by atoms with Crippen molar-refractivity contribution < 1.29 is 22.0 Å². The molecule has 1 fully saturated rings. The molecule has 0 N–H and O–H groups in total. The number of carbonyl (C=O) groups excluding carboxylic acids is 1. The topological polar surface area (TPSA) is 93.4 Å². The third-order valence-corrected chi connectivity index (χ3v) is 5.58. The van der Waals surface area contributed by atoms with E-state index in [1.165, 1.54) is 23.1 Å². The average Bonchev–Trinajstić information content (AvgIpc) is 3.25. The molecule has 1 saturated heterocycles. The SMILES string of the molecule is O=C(CCl)N1CCC[C@H]1c1nnc(S(=O)(=O)Cc2ccccc2F)o1. The molecule has 1 atom stereocenters. The number of likely N-dealkylation sites (tertiary alicyclic amines) is 1. The van der Waals surface area contributed by atoms with Crippen LogP contribution in [-0.4, -0.2) is 41.8 Å². The molecule has 0 bridgehead atoms. The summed E-state index contributed by atoms with van der Waals surface area (Å²) in [5.74, 6) is -1.62. The molecule has 1 aromatic carbocycles. The number of sulfone groups is 1. The van der Waals surface area contributed by atoms with Crippen LogP contribution in [0, 0.1) is 5.82 Å². The molecule has 0 spiro atoms. The zero-order valence-corrected chi connectivity index (χ0v) is 14.6. The average molecular weight is 388 g/mol. The second-order valence-corrected chi connectivity index (χ2v) is 7.77. The summed E-state index contributed by atoms with van der Waals surface area (Å²) in [4.78, 5) is 13.3. The number of carbonyl (C=O) groups is 1. The van der Waals surface area contributed by atoms with Crippen molar-refractivity contribution in [3.63, 3.8) is 0 Å². The Bertz CT molecular complexity index is 886. The first-order valence-corrected chi connectivity index (χ1v) is 9.76. The molecular weight excluding hydrogens is 373 g/mol. The van der Waals surface area contributed by atoms with Crippen LogP contribution in [0.4, 0.5) is 4.39 Å². The largest absolute Gasteiger partial charge is 0.410 e. The summed E-state index contributed by atoms with van der Waals surface area (Å²) in [6.07, 6.45) is 1.31. The standard InChI is InChI=1S/C15H15ClFN3O4S/c16-8-13(21)20-7-3-6-12(20)14-18-19-15(24-14)25(22,23)9-10-4-1-2-5-11(10)17/h1-2,4-5,12H,3,6-9H2/t12-/m0/s1. The van der Waals surface area contributed by atoms with Crippen LogP contribution in [0.2, 0.25) is 0 Å². The highest BCUT2D eigenvalue weighted by Gasteiger charge is 2.35. The highest BCUT2D eigenvalue weighted by atomic mass is 35.5. The van der Waals surface area contributed by atoms with E-state index in [9.17, 15) is 17.6 Å². The number of hydrogen-bond donors (Lipinski definition) is 0. The van der Waals surface area contributed by atoms with Gasteiger partial charge in [-0.2, -0.15) is 0 Å². The summed E-state index contributed by atoms with van der Waals surface area (Å²) in [7, 11) is -4.00. The van der Waals surface area contributed by atoms with Gasteiger partial charge in [-0.3, -0.25) is 4.79 Å². The van der Waals surface area contributed by atoms with Gasteiger partial charge in [-0.15, -0.1) is 16.7 Å². The molecule has 2 aromatic rings. The van der Waals surface area contributed by atoms with Crippen LogP contribution >= 0.6 is 11.6 Å². The summed E-state index contributed by atoms with van der Waals surface area (Å²) in [6, 6.07) is 5.08. The zero-order chi connectivity index (χ0) is 18.0. The number of aromatic nitrogens is 2. The van der Waals surface area contributed by atoms with E-state index in [2.05, 4.69) is 10.2 Å². The van der Waals surface area contributed by atoms with Crippen LogP contribution in [0.5, 0.6) is 0 Å². The summed E-state index contributed by atoms with van der Waals surface area (Å²) in [5, 5.41) is 6.76. The third kappa shape index (κ3) is 3.67. The Labute approximate surface area is 148 Å². The number of benzene rings is 1. The fraction of sp³-hybridized carbons (Fsp3) is 0.400. The van der Waals surface area contributed by atoms with Crippen molar-refractivity contribution in [2.75, 3.05) is 12.4 Å². The van der Waals surface area contributed by atoms with E-state index in [-0.39, 0.29) is 23.2 Å². The Morgan fingerprint density at radius 1 is 1.36 bits per heavy atom. The number of rotatable bonds is 5. The highest BCUT2D eigenvalue weighted by Crippen LogP contribution is 2.32. The van der Waals surface area contributed by atoms with Crippen LogP contribution in [0.1, 0.15) is 30.3 Å². The molecule has 1 aromatic heterocycles. The second kappa shape index (κ2) is 7.09. The van der Waals surface area contributed by atoms with E-state index in [1.54, 1.807) is 6.07 Å². The molecule has 0 aliphatic carbocycles. The van der Waals surface area contributed by atoms with Crippen molar-refractivity contribution in [3.05, 3.63) is 41.5 Å². The lowest BCUT2D eigenvalue weighted by molar-refractivity contribution is -0.129. The Morgan fingerprint density at radius 3 is 2.84 bits per heavy atom. The van der Waals surface area contributed by atoms with Gasteiger partial charge in [0.05, 0.1) is 5.75 Å². The van der Waals surface area contributed by atoms with Crippen LogP contribution in [-0.2, 0) is 20.4 Å². The lowest BCUT2D eigenvalue weighted by Crippen LogP contribution is -2.31. The molecule has 1 amide bonds. The van der Waals surface area contributed by atoms with Gasteiger partial charge in [-0.1, -0.05) is 23.3 Å². The first-order chi connectivity index (χ1) is 11.9. The predicted molar refractivity (Wildman–Crippen MR) is 86.0 cm³/mol. The van der Waals surface area contributed by atoms with Crippen molar-refractivity contribution in [2.24, 2.45) is 0 Å². The number of amides is 1. The quantitative estimate of drug-likeness (QED) is 0.729. The van der Waals surface area contributed by atoms with Gasteiger partial charge in [0.25, 0.3) is 0 Å². The Balaban J connectivity index is 1.83. The summed E-state index contributed by atoms with van der Waals surface area (Å²) in [6.45, 7) is 0.496. The summed E-state index contributed by atoms with van der Waals surface area (Å²) in [5.41, 5.74) is 0.0158. The molecule has 2 heterocycles. The van der Waals surface area contributed by atoms with Crippen LogP contribution in [0.25, 0.3) is 0 Å².